The molecule has 0 aliphatic carbocycles. The number of hydrogen-bond donors (Lipinski definition) is 2. The van der Waals surface area contributed by atoms with Crippen molar-refractivity contribution in [3.63, 3.8) is 0 Å². The Morgan fingerprint density at radius 2 is 1.95 bits per heavy atom. The summed E-state index contributed by atoms with van der Waals surface area (Å²) in [7, 11) is 0. The third-order valence-corrected chi connectivity index (χ3v) is 2.99. The predicted molar refractivity (Wildman–Crippen MR) is 78.1 cm³/mol. The fraction of sp³-hybridized carbons (Fsp3) is 0.133. The van der Waals surface area contributed by atoms with E-state index in [1.54, 1.807) is 24.3 Å². The molecule has 2 aromatic carbocycles. The molecule has 2 N–H and O–H groups in total. The quantitative estimate of drug-likeness (QED) is 0.649. The minimum absolute atomic E-state index is 0.0454. The van der Waals surface area contributed by atoms with Crippen molar-refractivity contribution in [1.29, 1.82) is 5.26 Å². The summed E-state index contributed by atoms with van der Waals surface area (Å²) in [5.74, 6) is 0.217. The number of phenols is 1. The van der Waals surface area contributed by atoms with E-state index in [0.717, 1.165) is 5.56 Å². The molecule has 0 spiro atoms. The normalized spacial score (nSPS) is 9.86. The van der Waals surface area contributed by atoms with Crippen LogP contribution in [0.2, 0.25) is 0 Å². The second kappa shape index (κ2) is 6.39. The fourth-order valence-corrected chi connectivity index (χ4v) is 1.90. The van der Waals surface area contributed by atoms with Crippen molar-refractivity contribution in [1.82, 2.24) is 0 Å². The van der Waals surface area contributed by atoms with Crippen LogP contribution in [0.3, 0.4) is 0 Å². The molecular weight excluding hydrogens is 270 g/mol. The smallest absolute Gasteiger partial charge is 0.289 e. The maximum absolute atomic E-state index is 10.9. The van der Waals surface area contributed by atoms with Crippen LogP contribution in [0, 0.1) is 21.4 Å². The van der Waals surface area contributed by atoms with E-state index < -0.39 is 4.92 Å². The summed E-state index contributed by atoms with van der Waals surface area (Å²) in [5, 5.41) is 31.9. The van der Waals surface area contributed by atoms with Crippen LogP contribution >= 0.6 is 0 Å². The summed E-state index contributed by atoms with van der Waals surface area (Å²) in [6.07, 6.45) is 0.716. The van der Waals surface area contributed by atoms with Gasteiger partial charge in [0.2, 0.25) is 0 Å². The van der Waals surface area contributed by atoms with Gasteiger partial charge in [-0.2, -0.15) is 5.26 Å². The van der Waals surface area contributed by atoms with E-state index in [1.807, 2.05) is 12.1 Å². The number of aromatic hydroxyl groups is 1. The molecule has 0 radical (unpaired) electrons. The number of nitro groups is 1. The number of benzene rings is 2. The van der Waals surface area contributed by atoms with Gasteiger partial charge in [-0.25, -0.2) is 0 Å². The molecule has 0 atom stereocenters. The number of anilines is 1. The Hall–Kier alpha value is -3.07. The molecule has 0 saturated heterocycles. The number of rotatable bonds is 5. The Kier molecular flexibility index (Phi) is 4.36. The molecule has 6 heteroatoms. The zero-order valence-corrected chi connectivity index (χ0v) is 11.1. The SMILES string of the molecule is N#Cc1ccc(NCCc2ccc(O)cc2)cc1[N+](=O)[O-]. The molecule has 0 saturated carbocycles. The van der Waals surface area contributed by atoms with E-state index in [0.29, 0.717) is 18.7 Å². The van der Waals surface area contributed by atoms with Crippen molar-refractivity contribution >= 4 is 11.4 Å². The zero-order chi connectivity index (χ0) is 15.2. The highest BCUT2D eigenvalue weighted by atomic mass is 16.6. The van der Waals surface area contributed by atoms with E-state index in [2.05, 4.69) is 5.32 Å². The molecule has 106 valence electrons. The van der Waals surface area contributed by atoms with Crippen molar-refractivity contribution in [2.75, 3.05) is 11.9 Å². The third kappa shape index (κ3) is 3.70. The highest BCUT2D eigenvalue weighted by Crippen LogP contribution is 2.22. The first kappa shape index (κ1) is 14.3. The fourth-order valence-electron chi connectivity index (χ4n) is 1.90. The summed E-state index contributed by atoms with van der Waals surface area (Å²) in [6.45, 7) is 0.591. The number of nitrogens with one attached hydrogen (secondary N) is 1. The lowest BCUT2D eigenvalue weighted by Gasteiger charge is -2.07. The summed E-state index contributed by atoms with van der Waals surface area (Å²) in [4.78, 5) is 10.3. The molecule has 0 heterocycles. The largest absolute Gasteiger partial charge is 0.508 e. The molecule has 0 amide bonds. The van der Waals surface area contributed by atoms with Gasteiger partial charge in [0.25, 0.3) is 5.69 Å². The molecule has 0 fully saturated rings. The maximum atomic E-state index is 10.9. The van der Waals surface area contributed by atoms with Crippen molar-refractivity contribution in [3.8, 4) is 11.8 Å². The lowest BCUT2D eigenvalue weighted by molar-refractivity contribution is -0.385. The monoisotopic (exact) mass is 283 g/mol. The van der Waals surface area contributed by atoms with Gasteiger partial charge in [-0.1, -0.05) is 12.1 Å². The van der Waals surface area contributed by atoms with Gasteiger partial charge in [0.05, 0.1) is 4.92 Å². The molecule has 6 nitrogen and oxygen atoms in total. The molecule has 0 aliphatic rings. The summed E-state index contributed by atoms with van der Waals surface area (Å²) in [6, 6.07) is 13.1. The molecule has 0 aliphatic heterocycles. The van der Waals surface area contributed by atoms with E-state index in [1.165, 1.54) is 12.1 Å². The average molecular weight is 283 g/mol. The Morgan fingerprint density at radius 1 is 1.24 bits per heavy atom. The first-order valence-electron chi connectivity index (χ1n) is 6.30. The van der Waals surface area contributed by atoms with Gasteiger partial charge >= 0.3 is 0 Å². The van der Waals surface area contributed by atoms with Crippen LogP contribution in [0.5, 0.6) is 5.75 Å². The molecule has 2 aromatic rings. The van der Waals surface area contributed by atoms with Gasteiger partial charge in [-0.05, 0) is 36.2 Å². The summed E-state index contributed by atoms with van der Waals surface area (Å²) in [5.41, 5.74) is 1.49. The van der Waals surface area contributed by atoms with Crippen LogP contribution in [0.15, 0.2) is 42.5 Å². The van der Waals surface area contributed by atoms with Gasteiger partial charge in [0.1, 0.15) is 17.4 Å². The van der Waals surface area contributed by atoms with Crippen LogP contribution in [-0.2, 0) is 6.42 Å². The van der Waals surface area contributed by atoms with Crippen molar-refractivity contribution in [2.45, 2.75) is 6.42 Å². The van der Waals surface area contributed by atoms with Crippen LogP contribution in [0.4, 0.5) is 11.4 Å². The standard InChI is InChI=1S/C15H13N3O3/c16-10-12-3-4-13(9-15(12)18(20)21)17-8-7-11-1-5-14(19)6-2-11/h1-6,9,17,19H,7-8H2. The van der Waals surface area contributed by atoms with E-state index in [-0.39, 0.29) is 17.0 Å². The maximum Gasteiger partial charge on any atom is 0.289 e. The molecule has 21 heavy (non-hydrogen) atoms. The van der Waals surface area contributed by atoms with Crippen LogP contribution in [0.1, 0.15) is 11.1 Å². The number of nitrogens with zero attached hydrogens (tertiary/aromatic N) is 2. The first-order chi connectivity index (χ1) is 10.1. The van der Waals surface area contributed by atoms with Crippen LogP contribution in [-0.4, -0.2) is 16.6 Å². The highest BCUT2D eigenvalue weighted by Gasteiger charge is 2.13. The molecule has 0 aromatic heterocycles. The number of phenolic OH excluding ortho intramolecular Hbond substituents is 1. The van der Waals surface area contributed by atoms with Crippen molar-refractivity contribution in [3.05, 3.63) is 63.7 Å². The van der Waals surface area contributed by atoms with E-state index in [4.69, 9.17) is 5.26 Å². The Bertz CT molecular complexity index is 690. The summed E-state index contributed by atoms with van der Waals surface area (Å²) >= 11 is 0. The topological polar surface area (TPSA) is 99.2 Å². The van der Waals surface area contributed by atoms with Gasteiger partial charge < -0.3 is 10.4 Å². The lowest BCUT2D eigenvalue weighted by Crippen LogP contribution is -2.05. The van der Waals surface area contributed by atoms with E-state index >= 15 is 0 Å². The minimum atomic E-state index is -0.566. The molecule has 0 unspecified atom stereocenters. The highest BCUT2D eigenvalue weighted by molar-refractivity contribution is 5.59. The second-order valence-electron chi connectivity index (χ2n) is 4.44. The molecule has 0 bridgehead atoms. The molecular formula is C15H13N3O3. The number of nitriles is 1. The lowest BCUT2D eigenvalue weighted by atomic mass is 10.1. The Morgan fingerprint density at radius 3 is 2.57 bits per heavy atom. The summed E-state index contributed by atoms with van der Waals surface area (Å²) < 4.78 is 0. The van der Waals surface area contributed by atoms with Crippen LogP contribution < -0.4 is 5.32 Å². The minimum Gasteiger partial charge on any atom is -0.508 e. The second-order valence-corrected chi connectivity index (χ2v) is 4.44. The predicted octanol–water partition coefficient (Wildman–Crippen LogP) is 2.83. The van der Waals surface area contributed by atoms with E-state index in [9.17, 15) is 15.2 Å². The van der Waals surface area contributed by atoms with Crippen LogP contribution in [0.25, 0.3) is 0 Å². The first-order valence-corrected chi connectivity index (χ1v) is 6.30. The zero-order valence-electron chi connectivity index (χ0n) is 11.1. The van der Waals surface area contributed by atoms with Gasteiger partial charge in [0.15, 0.2) is 0 Å². The Balaban J connectivity index is 2.00. The molecule has 2 rings (SSSR count). The van der Waals surface area contributed by atoms with Crippen molar-refractivity contribution < 1.29 is 10.0 Å². The average Bonchev–Trinajstić information content (AvgIpc) is 2.49. The number of hydrogen-bond acceptors (Lipinski definition) is 5. The van der Waals surface area contributed by atoms with Gasteiger partial charge in [0, 0.05) is 18.3 Å². The Labute approximate surface area is 121 Å². The number of nitro benzene ring substituents is 1. The van der Waals surface area contributed by atoms with Crippen molar-refractivity contribution in [2.24, 2.45) is 0 Å². The van der Waals surface area contributed by atoms with Gasteiger partial charge in [-0.15, -0.1) is 0 Å². The van der Waals surface area contributed by atoms with Gasteiger partial charge in [-0.3, -0.25) is 10.1 Å². The third-order valence-electron chi connectivity index (χ3n) is 2.99.